The molecular formula is C21H27FN2O3S. The van der Waals surface area contributed by atoms with Gasteiger partial charge in [0.1, 0.15) is 18.2 Å². The number of sulfonamides is 1. The van der Waals surface area contributed by atoms with E-state index in [-0.39, 0.29) is 10.7 Å². The van der Waals surface area contributed by atoms with Crippen LogP contribution in [-0.2, 0) is 16.6 Å². The normalized spacial score (nSPS) is 15.7. The molecule has 0 saturated heterocycles. The summed E-state index contributed by atoms with van der Waals surface area (Å²) in [4.78, 5) is 2.48. The third-order valence-electron chi connectivity index (χ3n) is 5.19. The minimum Gasteiger partial charge on any atom is -0.492 e. The molecular weight excluding hydrogens is 379 g/mol. The van der Waals surface area contributed by atoms with Crippen molar-refractivity contribution in [2.75, 3.05) is 13.2 Å². The highest BCUT2D eigenvalue weighted by molar-refractivity contribution is 7.89. The lowest BCUT2D eigenvalue weighted by molar-refractivity contribution is 0.123. The molecule has 3 rings (SSSR count). The van der Waals surface area contributed by atoms with Gasteiger partial charge in [-0.05, 0) is 54.8 Å². The summed E-state index contributed by atoms with van der Waals surface area (Å²) in [5, 5.41) is 5.11. The van der Waals surface area contributed by atoms with E-state index in [2.05, 4.69) is 4.90 Å². The Hall–Kier alpha value is -1.96. The lowest BCUT2D eigenvalue weighted by Gasteiger charge is -2.34. The van der Waals surface area contributed by atoms with Gasteiger partial charge in [-0.1, -0.05) is 31.4 Å². The Bertz CT molecular complexity index is 848. The van der Waals surface area contributed by atoms with Crippen molar-refractivity contribution in [3.63, 3.8) is 0 Å². The third-order valence-corrected chi connectivity index (χ3v) is 6.12. The van der Waals surface area contributed by atoms with E-state index in [1.807, 2.05) is 12.1 Å². The minimum absolute atomic E-state index is 0.0694. The van der Waals surface area contributed by atoms with E-state index in [0.29, 0.717) is 18.4 Å². The van der Waals surface area contributed by atoms with Gasteiger partial charge in [-0.25, -0.2) is 17.9 Å². The Balaban J connectivity index is 1.60. The second-order valence-electron chi connectivity index (χ2n) is 7.25. The molecule has 0 amide bonds. The van der Waals surface area contributed by atoms with E-state index in [1.54, 1.807) is 12.1 Å². The van der Waals surface area contributed by atoms with Gasteiger partial charge in [-0.15, -0.1) is 0 Å². The van der Waals surface area contributed by atoms with Crippen molar-refractivity contribution in [1.82, 2.24) is 4.90 Å². The van der Waals surface area contributed by atoms with E-state index < -0.39 is 10.0 Å². The van der Waals surface area contributed by atoms with Gasteiger partial charge in [0.25, 0.3) is 0 Å². The number of hydrogen-bond acceptors (Lipinski definition) is 4. The van der Waals surface area contributed by atoms with Gasteiger partial charge >= 0.3 is 0 Å². The number of nitrogens with two attached hydrogens (primary N) is 1. The molecule has 0 atom stereocenters. The molecule has 0 spiro atoms. The number of rotatable bonds is 8. The molecule has 5 nitrogen and oxygen atoms in total. The summed E-state index contributed by atoms with van der Waals surface area (Å²) in [5.74, 6) is 0.386. The molecule has 0 aliphatic heterocycles. The lowest BCUT2D eigenvalue weighted by atomic mass is 9.94. The summed E-state index contributed by atoms with van der Waals surface area (Å²) in [6.45, 7) is 2.00. The molecule has 0 heterocycles. The second kappa shape index (κ2) is 9.49. The number of primary sulfonamides is 1. The summed E-state index contributed by atoms with van der Waals surface area (Å²) in [6, 6.07) is 13.3. The summed E-state index contributed by atoms with van der Waals surface area (Å²) in [6.07, 6.45) is 6.10. The summed E-state index contributed by atoms with van der Waals surface area (Å²) in [5.41, 5.74) is 1.09. The Labute approximate surface area is 166 Å². The molecule has 0 bridgehead atoms. The average Bonchev–Trinajstić information content (AvgIpc) is 2.69. The Morgan fingerprint density at radius 2 is 1.64 bits per heavy atom. The molecule has 0 unspecified atom stereocenters. The Morgan fingerprint density at radius 1 is 1.00 bits per heavy atom. The van der Waals surface area contributed by atoms with Crippen LogP contribution in [0.2, 0.25) is 0 Å². The highest BCUT2D eigenvalue weighted by Gasteiger charge is 2.21. The standard InChI is InChI=1S/C21H27FN2O3S/c22-18-8-6-17(7-9-18)16-24(19-4-2-1-3-5-19)14-15-27-20-10-12-21(13-11-20)28(23,25)26/h6-13,19H,1-5,14-16H2,(H2,23,25,26). The highest BCUT2D eigenvalue weighted by Crippen LogP contribution is 2.24. The summed E-state index contributed by atoms with van der Waals surface area (Å²) in [7, 11) is -3.70. The molecule has 2 aromatic carbocycles. The number of ether oxygens (including phenoxy) is 1. The smallest absolute Gasteiger partial charge is 0.238 e. The van der Waals surface area contributed by atoms with Crippen molar-refractivity contribution in [3.8, 4) is 5.75 Å². The zero-order valence-electron chi connectivity index (χ0n) is 15.9. The average molecular weight is 407 g/mol. The summed E-state index contributed by atoms with van der Waals surface area (Å²) >= 11 is 0. The minimum atomic E-state index is -3.70. The topological polar surface area (TPSA) is 72.6 Å². The zero-order valence-corrected chi connectivity index (χ0v) is 16.7. The van der Waals surface area contributed by atoms with Crippen LogP contribution in [0, 0.1) is 5.82 Å². The number of halogens is 1. The van der Waals surface area contributed by atoms with E-state index >= 15 is 0 Å². The van der Waals surface area contributed by atoms with Crippen LogP contribution in [-0.4, -0.2) is 32.5 Å². The van der Waals surface area contributed by atoms with E-state index in [0.717, 1.165) is 18.7 Å². The van der Waals surface area contributed by atoms with Gasteiger partial charge in [0.15, 0.2) is 0 Å². The number of hydrogen-bond donors (Lipinski definition) is 1. The van der Waals surface area contributed by atoms with Gasteiger partial charge in [-0.2, -0.15) is 0 Å². The maximum absolute atomic E-state index is 13.2. The molecule has 152 valence electrons. The van der Waals surface area contributed by atoms with Crippen molar-refractivity contribution in [2.45, 2.75) is 49.6 Å². The third kappa shape index (κ3) is 6.02. The Morgan fingerprint density at radius 3 is 2.25 bits per heavy atom. The fourth-order valence-corrected chi connectivity index (χ4v) is 4.18. The van der Waals surface area contributed by atoms with Gasteiger partial charge in [-0.3, -0.25) is 4.90 Å². The molecule has 7 heteroatoms. The van der Waals surface area contributed by atoms with Crippen molar-refractivity contribution < 1.29 is 17.5 Å². The predicted octanol–water partition coefficient (Wildman–Crippen LogP) is 3.69. The summed E-state index contributed by atoms with van der Waals surface area (Å²) < 4.78 is 41.7. The van der Waals surface area contributed by atoms with Gasteiger partial charge in [0.05, 0.1) is 4.90 Å². The van der Waals surface area contributed by atoms with Gasteiger partial charge in [0, 0.05) is 19.1 Å². The lowest BCUT2D eigenvalue weighted by Crippen LogP contribution is -2.39. The molecule has 0 radical (unpaired) electrons. The quantitative estimate of drug-likeness (QED) is 0.726. The molecule has 0 aromatic heterocycles. The van der Waals surface area contributed by atoms with Crippen LogP contribution in [0.5, 0.6) is 5.75 Å². The van der Waals surface area contributed by atoms with Crippen LogP contribution in [0.3, 0.4) is 0 Å². The first-order chi connectivity index (χ1) is 13.4. The van der Waals surface area contributed by atoms with Crippen molar-refractivity contribution in [1.29, 1.82) is 0 Å². The largest absolute Gasteiger partial charge is 0.492 e. The van der Waals surface area contributed by atoms with Crippen LogP contribution in [0.15, 0.2) is 53.4 Å². The van der Waals surface area contributed by atoms with Crippen LogP contribution in [0.1, 0.15) is 37.7 Å². The van der Waals surface area contributed by atoms with Crippen molar-refractivity contribution in [3.05, 3.63) is 59.9 Å². The van der Waals surface area contributed by atoms with Crippen LogP contribution in [0.25, 0.3) is 0 Å². The van der Waals surface area contributed by atoms with Crippen molar-refractivity contribution in [2.24, 2.45) is 5.14 Å². The molecule has 1 aliphatic carbocycles. The number of benzene rings is 2. The molecule has 1 saturated carbocycles. The SMILES string of the molecule is NS(=O)(=O)c1ccc(OCCN(Cc2ccc(F)cc2)C2CCCCC2)cc1. The predicted molar refractivity (Wildman–Crippen MR) is 107 cm³/mol. The molecule has 2 N–H and O–H groups in total. The highest BCUT2D eigenvalue weighted by atomic mass is 32.2. The second-order valence-corrected chi connectivity index (χ2v) is 8.82. The molecule has 1 fully saturated rings. The van der Waals surface area contributed by atoms with E-state index in [4.69, 9.17) is 9.88 Å². The van der Waals surface area contributed by atoms with E-state index in [9.17, 15) is 12.8 Å². The fourth-order valence-electron chi connectivity index (χ4n) is 3.67. The van der Waals surface area contributed by atoms with Crippen LogP contribution < -0.4 is 9.88 Å². The maximum Gasteiger partial charge on any atom is 0.238 e. The van der Waals surface area contributed by atoms with Crippen molar-refractivity contribution >= 4 is 10.0 Å². The van der Waals surface area contributed by atoms with Gasteiger partial charge in [0.2, 0.25) is 10.0 Å². The van der Waals surface area contributed by atoms with Gasteiger partial charge < -0.3 is 4.74 Å². The first kappa shape index (κ1) is 20.8. The molecule has 28 heavy (non-hydrogen) atoms. The number of nitrogens with zero attached hydrogens (tertiary/aromatic N) is 1. The van der Waals surface area contributed by atoms with E-state index in [1.165, 1.54) is 56.4 Å². The monoisotopic (exact) mass is 406 g/mol. The zero-order chi connectivity index (χ0) is 20.0. The first-order valence-corrected chi connectivity index (χ1v) is 11.2. The maximum atomic E-state index is 13.2. The first-order valence-electron chi connectivity index (χ1n) is 9.66. The fraction of sp³-hybridized carbons (Fsp3) is 0.429. The Kier molecular flexibility index (Phi) is 7.04. The van der Waals surface area contributed by atoms with Crippen LogP contribution in [0.4, 0.5) is 4.39 Å². The molecule has 1 aliphatic rings. The molecule has 2 aromatic rings. The van der Waals surface area contributed by atoms with Crippen LogP contribution >= 0.6 is 0 Å².